The van der Waals surface area contributed by atoms with Gasteiger partial charge >= 0.3 is 5.97 Å². The van der Waals surface area contributed by atoms with Crippen LogP contribution < -0.4 is 11.1 Å². The number of amides is 2. The maximum absolute atomic E-state index is 13.0. The van der Waals surface area contributed by atoms with E-state index in [0.29, 0.717) is 16.5 Å². The number of fused-ring (bicyclic) bond motifs is 1. The summed E-state index contributed by atoms with van der Waals surface area (Å²) in [6, 6.07) is -1.01. The molecule has 1 unspecified atom stereocenters. The van der Waals surface area contributed by atoms with Crippen molar-refractivity contribution in [3.8, 4) is 12.3 Å². The minimum atomic E-state index is -1.25. The van der Waals surface area contributed by atoms with Crippen molar-refractivity contribution in [3.05, 3.63) is 21.3 Å². The predicted molar refractivity (Wildman–Crippen MR) is 132 cm³/mol. The maximum Gasteiger partial charge on any atom is 0.352 e. The predicted octanol–water partition coefficient (Wildman–Crippen LogP) is -0.213. The van der Waals surface area contributed by atoms with Crippen LogP contribution in [0.1, 0.15) is 5.69 Å². The van der Waals surface area contributed by atoms with Gasteiger partial charge in [0.05, 0.1) is 0 Å². The highest BCUT2D eigenvalue weighted by atomic mass is 35.5. The third kappa shape index (κ3) is 4.97. The van der Waals surface area contributed by atoms with Crippen LogP contribution in [0.25, 0.3) is 0 Å². The quantitative estimate of drug-likeness (QED) is 0.0900. The number of rotatable bonds is 9. The SMILES string of the molecule is C#CCON=C(C(=O)NC1C(=O)N2C(C(=O)O)=C(CSc3nnnn3C)CS[C@@H]12)c1nc(N)sc1Cl. The number of anilines is 1. The molecule has 0 spiro atoms. The number of carbonyl (C=O) groups excluding carboxylic acids is 2. The molecule has 14 nitrogen and oxygen atoms in total. The first-order chi connectivity index (χ1) is 17.2. The highest BCUT2D eigenvalue weighted by Crippen LogP contribution is 2.41. The van der Waals surface area contributed by atoms with Crippen LogP contribution in [0.2, 0.25) is 4.34 Å². The fraction of sp³-hybridized carbons (Fsp3) is 0.333. The highest BCUT2D eigenvalue weighted by Gasteiger charge is 2.54. The van der Waals surface area contributed by atoms with Gasteiger partial charge in [-0.1, -0.05) is 45.8 Å². The number of nitrogen functional groups attached to an aromatic ring is 1. The van der Waals surface area contributed by atoms with Crippen molar-refractivity contribution >= 4 is 75.1 Å². The molecule has 0 radical (unpaired) electrons. The molecule has 2 aliphatic heterocycles. The molecule has 18 heteroatoms. The zero-order valence-electron chi connectivity index (χ0n) is 18.2. The number of oxime groups is 1. The van der Waals surface area contributed by atoms with E-state index in [1.165, 1.54) is 28.2 Å². The fourth-order valence-corrected chi connectivity index (χ4v) is 6.55. The Hall–Kier alpha value is -3.33. The summed E-state index contributed by atoms with van der Waals surface area (Å²) in [7, 11) is 1.66. The molecule has 0 bridgehead atoms. The van der Waals surface area contributed by atoms with E-state index in [0.717, 1.165) is 16.2 Å². The Morgan fingerprint density at radius 2 is 2.28 bits per heavy atom. The van der Waals surface area contributed by atoms with E-state index in [2.05, 4.69) is 36.9 Å². The molecule has 2 aromatic rings. The number of carboxylic acids is 1. The van der Waals surface area contributed by atoms with Crippen LogP contribution in [0.15, 0.2) is 21.6 Å². The number of nitrogens with zero attached hydrogens (tertiary/aromatic N) is 7. The maximum atomic E-state index is 13.0. The van der Waals surface area contributed by atoms with Gasteiger partial charge in [0.2, 0.25) is 5.16 Å². The summed E-state index contributed by atoms with van der Waals surface area (Å²) in [6.07, 6.45) is 5.15. The molecule has 0 aromatic carbocycles. The number of tetrazole rings is 1. The van der Waals surface area contributed by atoms with Crippen molar-refractivity contribution in [1.82, 2.24) is 35.4 Å². The topological polar surface area (TPSA) is 191 Å². The summed E-state index contributed by atoms with van der Waals surface area (Å²) >= 11 is 9.61. The third-order valence-electron chi connectivity index (χ3n) is 4.84. The molecule has 1 fully saturated rings. The van der Waals surface area contributed by atoms with E-state index < -0.39 is 29.2 Å². The van der Waals surface area contributed by atoms with Gasteiger partial charge in [0, 0.05) is 18.6 Å². The summed E-state index contributed by atoms with van der Waals surface area (Å²) in [5.74, 6) is 0.146. The molecular weight excluding hydrogens is 554 g/mol. The van der Waals surface area contributed by atoms with Crippen molar-refractivity contribution in [2.24, 2.45) is 12.2 Å². The lowest BCUT2D eigenvalue weighted by Gasteiger charge is -2.49. The Morgan fingerprint density at radius 1 is 1.50 bits per heavy atom. The van der Waals surface area contributed by atoms with Gasteiger partial charge in [-0.25, -0.2) is 14.5 Å². The Bertz CT molecular complexity index is 1330. The van der Waals surface area contributed by atoms with E-state index >= 15 is 0 Å². The van der Waals surface area contributed by atoms with Crippen molar-refractivity contribution in [3.63, 3.8) is 0 Å². The van der Waals surface area contributed by atoms with Gasteiger partial charge in [-0.05, 0) is 16.0 Å². The lowest BCUT2D eigenvalue weighted by molar-refractivity contribution is -0.150. The zero-order valence-corrected chi connectivity index (χ0v) is 21.4. The van der Waals surface area contributed by atoms with Gasteiger partial charge in [0.1, 0.15) is 27.1 Å². The van der Waals surface area contributed by atoms with Crippen molar-refractivity contribution in [2.75, 3.05) is 23.8 Å². The molecule has 0 saturated carbocycles. The Morgan fingerprint density at radius 3 is 2.89 bits per heavy atom. The first-order valence-electron chi connectivity index (χ1n) is 9.84. The van der Waals surface area contributed by atoms with Crippen LogP contribution in [0.5, 0.6) is 0 Å². The normalized spacial score (nSPS) is 19.4. The van der Waals surface area contributed by atoms with E-state index in [1.807, 2.05) is 0 Å². The van der Waals surface area contributed by atoms with Crippen molar-refractivity contribution in [2.45, 2.75) is 16.6 Å². The minimum Gasteiger partial charge on any atom is -0.477 e. The Kier molecular flexibility index (Phi) is 7.68. The molecule has 36 heavy (non-hydrogen) atoms. The second kappa shape index (κ2) is 10.7. The number of carboxylic acid groups (broad SMARTS) is 1. The monoisotopic (exact) mass is 569 g/mol. The number of β-lactam (4-membered cyclic amide) rings is 1. The second-order valence-corrected chi connectivity index (χ2v) is 10.8. The number of thioether (sulfide) groups is 2. The summed E-state index contributed by atoms with van der Waals surface area (Å²) in [5.41, 5.74) is 5.72. The molecular formula is C18H16ClN9O5S3. The third-order valence-corrected chi connectivity index (χ3v) is 8.36. The average molecular weight is 570 g/mol. The van der Waals surface area contributed by atoms with Gasteiger partial charge < -0.3 is 21.0 Å². The number of terminal acetylenes is 1. The van der Waals surface area contributed by atoms with Crippen molar-refractivity contribution < 1.29 is 24.3 Å². The largest absolute Gasteiger partial charge is 0.477 e. The molecule has 188 valence electrons. The smallest absolute Gasteiger partial charge is 0.352 e. The van der Waals surface area contributed by atoms with Crippen LogP contribution in [0, 0.1) is 12.3 Å². The Labute approximate surface area is 220 Å². The molecule has 2 aromatic heterocycles. The standard InChI is InChI=1S/C18H16ClN9O5S3/c1-3-4-33-24-9(8-12(19)36-17(20)22-8)13(29)21-10-14(30)28-11(16(31)32)7(5-34-15(10)28)6-35-18-23-25-26-27(18)2/h1,10,15H,4-6H2,2H3,(H2,20,22)(H,21,29)(H,31,32)/t10?,15-/m0/s1. The number of hydrogen-bond acceptors (Lipinski definition) is 13. The van der Waals surface area contributed by atoms with Crippen LogP contribution in [-0.4, -0.2) is 88.2 Å². The first kappa shape index (κ1) is 25.8. The van der Waals surface area contributed by atoms with Gasteiger partial charge in [-0.2, -0.15) is 0 Å². The molecule has 2 aliphatic rings. The number of hydrogen-bond donors (Lipinski definition) is 3. The first-order valence-corrected chi connectivity index (χ1v) is 13.1. The van der Waals surface area contributed by atoms with Crippen LogP contribution in [0.3, 0.4) is 0 Å². The van der Waals surface area contributed by atoms with E-state index in [9.17, 15) is 19.5 Å². The number of carbonyl (C=O) groups is 3. The second-order valence-electron chi connectivity index (χ2n) is 7.08. The Balaban J connectivity index is 1.51. The van der Waals surface area contributed by atoms with Crippen LogP contribution in [0.4, 0.5) is 5.13 Å². The molecule has 4 rings (SSSR count). The van der Waals surface area contributed by atoms with E-state index in [-0.39, 0.29) is 38.9 Å². The number of aryl methyl sites for hydroxylation is 1. The van der Waals surface area contributed by atoms with Crippen molar-refractivity contribution in [1.29, 1.82) is 0 Å². The highest BCUT2D eigenvalue weighted by molar-refractivity contribution is 8.01. The number of aliphatic carboxylic acids is 1. The van der Waals surface area contributed by atoms with Gasteiger partial charge in [-0.15, -0.1) is 23.3 Å². The molecule has 0 aliphatic carbocycles. The average Bonchev–Trinajstić information content (AvgIpc) is 3.41. The molecule has 2 amide bonds. The fourth-order valence-electron chi connectivity index (χ4n) is 3.29. The number of nitrogens with two attached hydrogens (primary N) is 1. The van der Waals surface area contributed by atoms with E-state index in [1.54, 1.807) is 7.05 Å². The van der Waals surface area contributed by atoms with Gasteiger partial charge in [0.25, 0.3) is 11.8 Å². The van der Waals surface area contributed by atoms with Gasteiger partial charge in [0.15, 0.2) is 17.5 Å². The lowest BCUT2D eigenvalue weighted by Crippen LogP contribution is -2.71. The summed E-state index contributed by atoms with van der Waals surface area (Å²) in [5, 5.41) is 27.2. The van der Waals surface area contributed by atoms with Gasteiger partial charge in [-0.3, -0.25) is 14.5 Å². The molecule has 4 heterocycles. The molecule has 2 atom stereocenters. The number of aromatic nitrogens is 5. The summed E-state index contributed by atoms with van der Waals surface area (Å²) in [4.78, 5) is 48.1. The summed E-state index contributed by atoms with van der Waals surface area (Å²) < 4.78 is 1.55. The number of nitrogens with one attached hydrogen (secondary N) is 1. The summed E-state index contributed by atoms with van der Waals surface area (Å²) in [6.45, 7) is -0.222. The minimum absolute atomic E-state index is 0.0303. The van der Waals surface area contributed by atoms with Crippen LogP contribution in [-0.2, 0) is 26.3 Å². The lowest BCUT2D eigenvalue weighted by atomic mass is 10.0. The molecule has 1 saturated heterocycles. The molecule has 4 N–H and O–H groups in total. The zero-order chi connectivity index (χ0) is 26.0. The van der Waals surface area contributed by atoms with E-state index in [4.69, 9.17) is 28.6 Å². The number of halogens is 1. The van der Waals surface area contributed by atoms with Crippen LogP contribution >= 0.6 is 46.5 Å². The number of thiazole rings is 1.